The van der Waals surface area contributed by atoms with Crippen LogP contribution in [-0.4, -0.2) is 37.6 Å². The van der Waals surface area contributed by atoms with E-state index in [1.54, 1.807) is 0 Å². The van der Waals surface area contributed by atoms with Gasteiger partial charge in [0.15, 0.2) is 0 Å². The maximum atomic E-state index is 3.51. The lowest BCUT2D eigenvalue weighted by Gasteiger charge is -2.36. The molecule has 0 aromatic heterocycles. The second kappa shape index (κ2) is 6.41. The SMILES string of the molecule is CCCN(C)CC(C)(C)C(C)NCC. The first-order valence-corrected chi connectivity index (χ1v) is 5.86. The maximum absolute atomic E-state index is 3.51. The molecule has 0 spiro atoms. The minimum Gasteiger partial charge on any atom is -0.314 e. The molecule has 0 saturated carbocycles. The van der Waals surface area contributed by atoms with Gasteiger partial charge in [0, 0.05) is 12.6 Å². The van der Waals surface area contributed by atoms with Gasteiger partial charge in [0.1, 0.15) is 0 Å². The van der Waals surface area contributed by atoms with Crippen LogP contribution < -0.4 is 5.32 Å². The molecule has 0 aliphatic carbocycles. The Morgan fingerprint density at radius 1 is 1.29 bits per heavy atom. The Kier molecular flexibility index (Phi) is 6.38. The van der Waals surface area contributed by atoms with Crippen LogP contribution in [-0.2, 0) is 0 Å². The quantitative estimate of drug-likeness (QED) is 0.678. The Bertz CT molecular complexity index is 143. The molecule has 0 aromatic carbocycles. The standard InChI is InChI=1S/C12H28N2/c1-7-9-14(6)10-12(4,5)11(3)13-8-2/h11,13H,7-10H2,1-6H3. The molecule has 0 amide bonds. The lowest BCUT2D eigenvalue weighted by atomic mass is 9.85. The maximum Gasteiger partial charge on any atom is 0.0102 e. The predicted molar refractivity (Wildman–Crippen MR) is 64.7 cm³/mol. The van der Waals surface area contributed by atoms with Gasteiger partial charge in [-0.05, 0) is 38.9 Å². The Labute approximate surface area is 90.1 Å². The highest BCUT2D eigenvalue weighted by Gasteiger charge is 2.26. The third kappa shape index (κ3) is 4.97. The number of hydrogen-bond donors (Lipinski definition) is 1. The summed E-state index contributed by atoms with van der Waals surface area (Å²) in [5.74, 6) is 0. The third-order valence-electron chi connectivity index (χ3n) is 2.97. The van der Waals surface area contributed by atoms with Gasteiger partial charge in [-0.25, -0.2) is 0 Å². The lowest BCUT2D eigenvalue weighted by Crippen LogP contribution is -2.46. The molecule has 0 heterocycles. The van der Waals surface area contributed by atoms with Crippen molar-refractivity contribution in [2.24, 2.45) is 5.41 Å². The fourth-order valence-corrected chi connectivity index (χ4v) is 1.88. The van der Waals surface area contributed by atoms with Crippen molar-refractivity contribution in [1.82, 2.24) is 10.2 Å². The van der Waals surface area contributed by atoms with Crippen molar-refractivity contribution >= 4 is 0 Å². The fourth-order valence-electron chi connectivity index (χ4n) is 1.88. The van der Waals surface area contributed by atoms with Crippen LogP contribution in [0.4, 0.5) is 0 Å². The van der Waals surface area contributed by atoms with Gasteiger partial charge in [0.05, 0.1) is 0 Å². The second-order valence-electron chi connectivity index (χ2n) is 5.01. The van der Waals surface area contributed by atoms with E-state index in [4.69, 9.17) is 0 Å². The van der Waals surface area contributed by atoms with Crippen LogP contribution in [0.3, 0.4) is 0 Å². The molecule has 0 rings (SSSR count). The van der Waals surface area contributed by atoms with Crippen LogP contribution in [0.5, 0.6) is 0 Å². The van der Waals surface area contributed by atoms with E-state index in [9.17, 15) is 0 Å². The highest BCUT2D eigenvalue weighted by atomic mass is 15.1. The van der Waals surface area contributed by atoms with E-state index < -0.39 is 0 Å². The normalized spacial score (nSPS) is 14.8. The summed E-state index contributed by atoms with van der Waals surface area (Å²) >= 11 is 0. The molecule has 0 aliphatic rings. The predicted octanol–water partition coefficient (Wildman–Crippen LogP) is 2.35. The molecule has 0 aliphatic heterocycles. The van der Waals surface area contributed by atoms with Crippen LogP contribution >= 0.6 is 0 Å². The minimum absolute atomic E-state index is 0.347. The molecule has 0 radical (unpaired) electrons. The van der Waals surface area contributed by atoms with E-state index >= 15 is 0 Å². The monoisotopic (exact) mass is 200 g/mol. The van der Waals surface area contributed by atoms with Crippen molar-refractivity contribution in [3.63, 3.8) is 0 Å². The number of hydrogen-bond acceptors (Lipinski definition) is 2. The van der Waals surface area contributed by atoms with Crippen molar-refractivity contribution in [3.8, 4) is 0 Å². The van der Waals surface area contributed by atoms with Crippen molar-refractivity contribution < 1.29 is 0 Å². The molecule has 0 bridgehead atoms. The third-order valence-corrected chi connectivity index (χ3v) is 2.97. The van der Waals surface area contributed by atoms with Gasteiger partial charge in [-0.3, -0.25) is 0 Å². The molecular weight excluding hydrogens is 172 g/mol. The van der Waals surface area contributed by atoms with Gasteiger partial charge >= 0.3 is 0 Å². The second-order valence-corrected chi connectivity index (χ2v) is 5.01. The number of rotatable bonds is 7. The van der Waals surface area contributed by atoms with Crippen LogP contribution in [0.25, 0.3) is 0 Å². The molecule has 86 valence electrons. The summed E-state index contributed by atoms with van der Waals surface area (Å²) in [4.78, 5) is 2.42. The molecule has 0 fully saturated rings. The zero-order valence-electron chi connectivity index (χ0n) is 10.9. The van der Waals surface area contributed by atoms with Gasteiger partial charge in [-0.2, -0.15) is 0 Å². The van der Waals surface area contributed by atoms with Crippen LogP contribution in [0.1, 0.15) is 41.0 Å². The summed E-state index contributed by atoms with van der Waals surface area (Å²) in [5, 5.41) is 3.51. The summed E-state index contributed by atoms with van der Waals surface area (Å²) in [6, 6.07) is 0.576. The molecule has 1 N–H and O–H groups in total. The van der Waals surface area contributed by atoms with E-state index in [2.05, 4.69) is 51.9 Å². The van der Waals surface area contributed by atoms with E-state index in [1.807, 2.05) is 0 Å². The molecule has 1 unspecified atom stereocenters. The Morgan fingerprint density at radius 2 is 1.86 bits per heavy atom. The fraction of sp³-hybridized carbons (Fsp3) is 1.00. The van der Waals surface area contributed by atoms with Crippen molar-refractivity contribution in [2.75, 3.05) is 26.7 Å². The smallest absolute Gasteiger partial charge is 0.0102 e. The van der Waals surface area contributed by atoms with Gasteiger partial charge in [0.2, 0.25) is 0 Å². The van der Waals surface area contributed by atoms with E-state index in [0.717, 1.165) is 13.1 Å². The molecular formula is C12H28N2. The van der Waals surface area contributed by atoms with Gasteiger partial charge in [-0.15, -0.1) is 0 Å². The Morgan fingerprint density at radius 3 is 2.29 bits per heavy atom. The molecule has 1 atom stereocenters. The highest BCUT2D eigenvalue weighted by Crippen LogP contribution is 2.21. The van der Waals surface area contributed by atoms with Crippen molar-refractivity contribution in [2.45, 2.75) is 47.1 Å². The number of nitrogens with one attached hydrogen (secondary N) is 1. The summed E-state index contributed by atoms with van der Waals surface area (Å²) in [7, 11) is 2.21. The molecule has 0 saturated heterocycles. The van der Waals surface area contributed by atoms with E-state index in [1.165, 1.54) is 13.0 Å². The Balaban J connectivity index is 4.03. The summed E-state index contributed by atoms with van der Waals surface area (Å²) in [5.41, 5.74) is 0.347. The van der Waals surface area contributed by atoms with E-state index in [-0.39, 0.29) is 0 Å². The first kappa shape index (κ1) is 13.9. The molecule has 2 nitrogen and oxygen atoms in total. The first-order valence-electron chi connectivity index (χ1n) is 5.86. The zero-order chi connectivity index (χ0) is 11.2. The lowest BCUT2D eigenvalue weighted by molar-refractivity contribution is 0.166. The largest absolute Gasteiger partial charge is 0.314 e. The summed E-state index contributed by atoms with van der Waals surface area (Å²) in [6.45, 7) is 14.8. The topological polar surface area (TPSA) is 15.3 Å². The van der Waals surface area contributed by atoms with Crippen LogP contribution in [0, 0.1) is 5.41 Å². The average molecular weight is 200 g/mol. The molecule has 0 aromatic rings. The van der Waals surface area contributed by atoms with Gasteiger partial charge in [0.25, 0.3) is 0 Å². The van der Waals surface area contributed by atoms with E-state index in [0.29, 0.717) is 11.5 Å². The summed E-state index contributed by atoms with van der Waals surface area (Å²) < 4.78 is 0. The van der Waals surface area contributed by atoms with Crippen LogP contribution in [0.15, 0.2) is 0 Å². The Hall–Kier alpha value is -0.0800. The first-order chi connectivity index (χ1) is 6.44. The minimum atomic E-state index is 0.347. The van der Waals surface area contributed by atoms with Crippen molar-refractivity contribution in [1.29, 1.82) is 0 Å². The summed E-state index contributed by atoms with van der Waals surface area (Å²) in [6.07, 6.45) is 1.24. The van der Waals surface area contributed by atoms with Gasteiger partial charge in [-0.1, -0.05) is 27.7 Å². The molecule has 14 heavy (non-hydrogen) atoms. The zero-order valence-corrected chi connectivity index (χ0v) is 10.9. The average Bonchev–Trinajstić information content (AvgIpc) is 2.03. The van der Waals surface area contributed by atoms with Crippen LogP contribution in [0.2, 0.25) is 0 Å². The molecule has 2 heteroatoms. The van der Waals surface area contributed by atoms with Gasteiger partial charge < -0.3 is 10.2 Å². The number of nitrogens with zero attached hydrogens (tertiary/aromatic N) is 1. The van der Waals surface area contributed by atoms with Crippen molar-refractivity contribution in [3.05, 3.63) is 0 Å². The highest BCUT2D eigenvalue weighted by molar-refractivity contribution is 4.82.